The number of nitrogens with one attached hydrogen (secondary N) is 1. The predicted molar refractivity (Wildman–Crippen MR) is 48.7 cm³/mol. The van der Waals surface area contributed by atoms with Crippen molar-refractivity contribution in [3.05, 3.63) is 0 Å². The summed E-state index contributed by atoms with van der Waals surface area (Å²) in [4.78, 5) is 10.7. The smallest absolute Gasteiger partial charge is 0.220 e. The average molecular weight is 185 g/mol. The van der Waals surface area contributed by atoms with Gasteiger partial charge in [0.2, 0.25) is 12.2 Å². The molecule has 0 radical (unpaired) electrons. The summed E-state index contributed by atoms with van der Waals surface area (Å²) < 4.78 is 4.74. The second-order valence-electron chi connectivity index (χ2n) is 2.26. The lowest BCUT2D eigenvalue weighted by Crippen LogP contribution is -2.22. The second-order valence-corrected chi connectivity index (χ2v) is 2.26. The maximum atomic E-state index is 10.7. The van der Waals surface area contributed by atoms with Crippen molar-refractivity contribution in [1.29, 1.82) is 0 Å². The Morgan fingerprint density at radius 2 is 2.31 bits per heavy atom. The van der Waals surface area contributed by atoms with Gasteiger partial charge in [-0.15, -0.1) is 0 Å². The number of ether oxygens (including phenoxy) is 1. The Morgan fingerprint density at radius 3 is 2.85 bits per heavy atom. The van der Waals surface area contributed by atoms with Crippen LogP contribution in [0.4, 0.5) is 0 Å². The first-order chi connectivity index (χ1) is 6.20. The van der Waals surface area contributed by atoms with Crippen LogP contribution < -0.4 is 5.32 Å². The average Bonchev–Trinajstić information content (AvgIpc) is 2.12. The number of aliphatic hydroxyl groups excluding tert-OH is 1. The number of aliphatic hydroxyl groups is 1. The van der Waals surface area contributed by atoms with Crippen molar-refractivity contribution in [1.82, 2.24) is 5.32 Å². The number of rotatable bonds is 4. The van der Waals surface area contributed by atoms with Crippen LogP contribution in [-0.2, 0) is 9.53 Å². The SMILES string of the molecule is CCOC(O)C#CCNC(=O)CC. The fraction of sp³-hybridized carbons (Fsp3) is 0.667. The van der Waals surface area contributed by atoms with Gasteiger partial charge in [0.15, 0.2) is 0 Å². The Bertz CT molecular complexity index is 205. The largest absolute Gasteiger partial charge is 0.358 e. The van der Waals surface area contributed by atoms with E-state index in [0.717, 1.165) is 0 Å². The highest BCUT2D eigenvalue weighted by molar-refractivity contribution is 5.75. The number of carbonyl (C=O) groups excluding carboxylic acids is 1. The molecule has 0 heterocycles. The summed E-state index contributed by atoms with van der Waals surface area (Å²) >= 11 is 0. The Hall–Kier alpha value is -1.05. The quantitative estimate of drug-likeness (QED) is 0.474. The van der Waals surface area contributed by atoms with Crippen molar-refractivity contribution in [2.75, 3.05) is 13.2 Å². The molecule has 0 fully saturated rings. The van der Waals surface area contributed by atoms with E-state index in [1.165, 1.54) is 0 Å². The lowest BCUT2D eigenvalue weighted by Gasteiger charge is -2.00. The van der Waals surface area contributed by atoms with Gasteiger partial charge in [0.05, 0.1) is 6.54 Å². The lowest BCUT2D eigenvalue weighted by atomic mass is 10.4. The van der Waals surface area contributed by atoms with E-state index in [-0.39, 0.29) is 12.5 Å². The molecule has 1 atom stereocenters. The fourth-order valence-electron chi connectivity index (χ4n) is 0.606. The molecule has 1 unspecified atom stereocenters. The van der Waals surface area contributed by atoms with Gasteiger partial charge < -0.3 is 15.2 Å². The zero-order chi connectivity index (χ0) is 10.1. The third-order valence-corrected chi connectivity index (χ3v) is 1.25. The van der Waals surface area contributed by atoms with E-state index in [1.54, 1.807) is 13.8 Å². The van der Waals surface area contributed by atoms with Crippen LogP contribution in [0, 0.1) is 11.8 Å². The summed E-state index contributed by atoms with van der Waals surface area (Å²) in [6.07, 6.45) is -0.612. The predicted octanol–water partition coefficient (Wildman–Crippen LogP) is -0.129. The Kier molecular flexibility index (Phi) is 6.98. The van der Waals surface area contributed by atoms with Gasteiger partial charge >= 0.3 is 0 Å². The normalized spacial score (nSPS) is 11.3. The standard InChI is InChI=1S/C9H15NO3/c1-3-8(11)10-7-5-6-9(12)13-4-2/h9,12H,3-4,7H2,1-2H3,(H,10,11). The van der Waals surface area contributed by atoms with Gasteiger partial charge in [-0.2, -0.15) is 0 Å². The summed E-state index contributed by atoms with van der Waals surface area (Å²) in [6.45, 7) is 4.19. The van der Waals surface area contributed by atoms with Crippen molar-refractivity contribution >= 4 is 5.91 Å². The number of hydrogen-bond acceptors (Lipinski definition) is 3. The molecule has 1 amide bonds. The molecule has 0 rings (SSSR count). The molecule has 0 aromatic carbocycles. The van der Waals surface area contributed by atoms with E-state index in [9.17, 15) is 4.79 Å². The van der Waals surface area contributed by atoms with Gasteiger partial charge in [0.25, 0.3) is 0 Å². The van der Waals surface area contributed by atoms with Crippen molar-refractivity contribution in [2.24, 2.45) is 0 Å². The van der Waals surface area contributed by atoms with Crippen LogP contribution in [0.3, 0.4) is 0 Å². The summed E-state index contributed by atoms with van der Waals surface area (Å²) in [5, 5.41) is 11.5. The molecule has 0 saturated heterocycles. The molecule has 0 aliphatic heterocycles. The fourth-order valence-corrected chi connectivity index (χ4v) is 0.606. The molecule has 2 N–H and O–H groups in total. The van der Waals surface area contributed by atoms with E-state index < -0.39 is 6.29 Å². The third kappa shape index (κ3) is 7.32. The highest BCUT2D eigenvalue weighted by atomic mass is 16.6. The van der Waals surface area contributed by atoms with Crippen LogP contribution in [0.25, 0.3) is 0 Å². The van der Waals surface area contributed by atoms with E-state index in [1.807, 2.05) is 0 Å². The third-order valence-electron chi connectivity index (χ3n) is 1.25. The molecule has 4 heteroatoms. The zero-order valence-corrected chi connectivity index (χ0v) is 7.96. The first-order valence-corrected chi connectivity index (χ1v) is 4.25. The molecule has 0 spiro atoms. The zero-order valence-electron chi connectivity index (χ0n) is 7.96. The molecule has 0 aliphatic carbocycles. The first-order valence-electron chi connectivity index (χ1n) is 4.25. The molecule has 0 bridgehead atoms. The summed E-state index contributed by atoms with van der Waals surface area (Å²) in [5.41, 5.74) is 0. The van der Waals surface area contributed by atoms with E-state index >= 15 is 0 Å². The van der Waals surface area contributed by atoms with Gasteiger partial charge in [-0.05, 0) is 12.8 Å². The van der Waals surface area contributed by atoms with E-state index in [0.29, 0.717) is 13.0 Å². The minimum Gasteiger partial charge on any atom is -0.358 e. The molecular formula is C9H15NO3. The lowest BCUT2D eigenvalue weighted by molar-refractivity contribution is -0.120. The molecular weight excluding hydrogens is 170 g/mol. The molecule has 0 aliphatic rings. The van der Waals surface area contributed by atoms with Gasteiger partial charge in [-0.3, -0.25) is 4.79 Å². The van der Waals surface area contributed by atoms with Gasteiger partial charge in [-0.1, -0.05) is 12.8 Å². The number of hydrogen-bond donors (Lipinski definition) is 2. The van der Waals surface area contributed by atoms with E-state index in [4.69, 9.17) is 9.84 Å². The summed E-state index contributed by atoms with van der Waals surface area (Å²) in [6, 6.07) is 0. The van der Waals surface area contributed by atoms with Crippen molar-refractivity contribution in [3.8, 4) is 11.8 Å². The molecule has 0 aromatic heterocycles. The topological polar surface area (TPSA) is 58.6 Å². The molecule has 74 valence electrons. The Morgan fingerprint density at radius 1 is 1.62 bits per heavy atom. The van der Waals surface area contributed by atoms with Crippen LogP contribution in [-0.4, -0.2) is 30.5 Å². The Labute approximate surface area is 78.3 Å². The highest BCUT2D eigenvalue weighted by Crippen LogP contribution is 1.81. The maximum absolute atomic E-state index is 10.7. The summed E-state index contributed by atoms with van der Waals surface area (Å²) in [5.74, 6) is 4.95. The number of carbonyl (C=O) groups is 1. The minimum absolute atomic E-state index is 0.0554. The van der Waals surface area contributed by atoms with Crippen molar-refractivity contribution in [2.45, 2.75) is 26.6 Å². The number of amides is 1. The molecule has 13 heavy (non-hydrogen) atoms. The van der Waals surface area contributed by atoms with Crippen molar-refractivity contribution < 1.29 is 14.6 Å². The van der Waals surface area contributed by atoms with Gasteiger partial charge in [0, 0.05) is 13.0 Å². The van der Waals surface area contributed by atoms with Gasteiger partial charge in [0.1, 0.15) is 0 Å². The van der Waals surface area contributed by atoms with Crippen LogP contribution in [0.1, 0.15) is 20.3 Å². The molecule has 0 aromatic rings. The second kappa shape index (κ2) is 7.59. The monoisotopic (exact) mass is 185 g/mol. The minimum atomic E-state index is -1.05. The van der Waals surface area contributed by atoms with Crippen LogP contribution in [0.15, 0.2) is 0 Å². The van der Waals surface area contributed by atoms with Gasteiger partial charge in [-0.25, -0.2) is 0 Å². The first kappa shape index (κ1) is 11.9. The summed E-state index contributed by atoms with van der Waals surface area (Å²) in [7, 11) is 0. The Balaban J connectivity index is 3.55. The van der Waals surface area contributed by atoms with Crippen LogP contribution in [0.2, 0.25) is 0 Å². The molecule has 0 saturated carbocycles. The highest BCUT2D eigenvalue weighted by Gasteiger charge is 1.94. The van der Waals surface area contributed by atoms with E-state index in [2.05, 4.69) is 17.2 Å². The van der Waals surface area contributed by atoms with Crippen LogP contribution >= 0.6 is 0 Å². The van der Waals surface area contributed by atoms with Crippen molar-refractivity contribution in [3.63, 3.8) is 0 Å². The molecule has 4 nitrogen and oxygen atoms in total. The maximum Gasteiger partial charge on any atom is 0.220 e. The van der Waals surface area contributed by atoms with Crippen LogP contribution in [0.5, 0.6) is 0 Å².